The van der Waals surface area contributed by atoms with E-state index in [1.807, 2.05) is 19.9 Å². The van der Waals surface area contributed by atoms with Gasteiger partial charge in [0.15, 0.2) is 5.82 Å². The number of aliphatic carboxylic acids is 1. The summed E-state index contributed by atoms with van der Waals surface area (Å²) < 4.78 is 0. The number of carboxylic acid groups (broad SMARTS) is 1. The van der Waals surface area contributed by atoms with Gasteiger partial charge in [-0.15, -0.1) is 0 Å². The van der Waals surface area contributed by atoms with Gasteiger partial charge in [-0.3, -0.25) is 4.79 Å². The standard InChI is InChI=1S/C16H18N2O3/c1-3-13-12(9-15(20)21)14(4-2)18-16(17-13)10-6-5-7-11(19)8-10/h5-8,19H,3-4,9H2,1-2H3,(H,20,21). The lowest BCUT2D eigenvalue weighted by molar-refractivity contribution is -0.136. The summed E-state index contributed by atoms with van der Waals surface area (Å²) in [6, 6.07) is 6.75. The molecule has 0 saturated heterocycles. The molecule has 5 heteroatoms. The maximum absolute atomic E-state index is 11.0. The molecule has 0 aliphatic rings. The van der Waals surface area contributed by atoms with Crippen molar-refractivity contribution in [1.29, 1.82) is 0 Å². The van der Waals surface area contributed by atoms with E-state index in [1.54, 1.807) is 18.2 Å². The molecule has 1 aromatic heterocycles. The van der Waals surface area contributed by atoms with Crippen LogP contribution in [0.1, 0.15) is 30.8 Å². The molecule has 5 nitrogen and oxygen atoms in total. The molecule has 0 fully saturated rings. The maximum Gasteiger partial charge on any atom is 0.307 e. The lowest BCUT2D eigenvalue weighted by Crippen LogP contribution is -2.11. The van der Waals surface area contributed by atoms with Gasteiger partial charge in [0, 0.05) is 22.5 Å². The predicted molar refractivity (Wildman–Crippen MR) is 79.2 cm³/mol. The summed E-state index contributed by atoms with van der Waals surface area (Å²) in [6.45, 7) is 3.89. The van der Waals surface area contributed by atoms with Gasteiger partial charge >= 0.3 is 5.97 Å². The summed E-state index contributed by atoms with van der Waals surface area (Å²) in [5.74, 6) is -0.205. The molecule has 110 valence electrons. The van der Waals surface area contributed by atoms with E-state index in [2.05, 4.69) is 9.97 Å². The van der Waals surface area contributed by atoms with Crippen LogP contribution in [0.5, 0.6) is 5.75 Å². The highest BCUT2D eigenvalue weighted by Crippen LogP contribution is 2.23. The largest absolute Gasteiger partial charge is 0.508 e. The monoisotopic (exact) mass is 286 g/mol. The summed E-state index contributed by atoms with van der Waals surface area (Å²) in [4.78, 5) is 20.0. The third-order valence-electron chi connectivity index (χ3n) is 3.28. The SMILES string of the molecule is CCc1nc(-c2cccc(O)c2)nc(CC)c1CC(=O)O. The average Bonchev–Trinajstić information content (AvgIpc) is 2.46. The first-order chi connectivity index (χ1) is 10.0. The zero-order valence-corrected chi connectivity index (χ0v) is 12.1. The molecule has 1 heterocycles. The van der Waals surface area contributed by atoms with E-state index >= 15 is 0 Å². The second-order valence-electron chi connectivity index (χ2n) is 4.75. The Hall–Kier alpha value is -2.43. The molecule has 2 aromatic rings. The van der Waals surface area contributed by atoms with Crippen molar-refractivity contribution in [3.05, 3.63) is 41.2 Å². The molecular formula is C16H18N2O3. The Labute approximate surface area is 123 Å². The molecule has 0 bridgehead atoms. The number of hydrogen-bond donors (Lipinski definition) is 2. The highest BCUT2D eigenvalue weighted by molar-refractivity contribution is 5.71. The molecule has 0 spiro atoms. The zero-order valence-electron chi connectivity index (χ0n) is 12.1. The second kappa shape index (κ2) is 6.35. The first kappa shape index (κ1) is 15.0. The topological polar surface area (TPSA) is 83.3 Å². The Morgan fingerprint density at radius 3 is 2.24 bits per heavy atom. The lowest BCUT2D eigenvalue weighted by atomic mass is 10.0. The number of aryl methyl sites for hydroxylation is 2. The van der Waals surface area contributed by atoms with E-state index in [1.165, 1.54) is 0 Å². The lowest BCUT2D eigenvalue weighted by Gasteiger charge is -2.12. The van der Waals surface area contributed by atoms with Crippen LogP contribution in [0.3, 0.4) is 0 Å². The summed E-state index contributed by atoms with van der Waals surface area (Å²) in [6.07, 6.45) is 1.22. The van der Waals surface area contributed by atoms with Crippen LogP contribution in [-0.2, 0) is 24.1 Å². The molecule has 21 heavy (non-hydrogen) atoms. The molecule has 0 amide bonds. The van der Waals surface area contributed by atoms with Gasteiger partial charge in [-0.05, 0) is 25.0 Å². The minimum absolute atomic E-state index is 0.0628. The van der Waals surface area contributed by atoms with Crippen LogP contribution >= 0.6 is 0 Å². The number of hydrogen-bond acceptors (Lipinski definition) is 4. The van der Waals surface area contributed by atoms with Crippen molar-refractivity contribution in [2.75, 3.05) is 0 Å². The fraction of sp³-hybridized carbons (Fsp3) is 0.312. The predicted octanol–water partition coefficient (Wildman–Crippen LogP) is 2.60. The van der Waals surface area contributed by atoms with E-state index < -0.39 is 5.97 Å². The molecule has 0 unspecified atom stereocenters. The number of aromatic nitrogens is 2. The Morgan fingerprint density at radius 2 is 1.76 bits per heavy atom. The summed E-state index contributed by atoms with van der Waals surface area (Å²) in [5, 5.41) is 18.6. The summed E-state index contributed by atoms with van der Waals surface area (Å²) >= 11 is 0. The Balaban J connectivity index is 2.57. The van der Waals surface area contributed by atoms with Crippen LogP contribution in [0.15, 0.2) is 24.3 Å². The number of phenolic OH excluding ortho intramolecular Hbond substituents is 1. The van der Waals surface area contributed by atoms with E-state index in [0.29, 0.717) is 24.2 Å². The molecule has 0 aliphatic heterocycles. The molecule has 2 rings (SSSR count). The highest BCUT2D eigenvalue weighted by atomic mass is 16.4. The third kappa shape index (κ3) is 3.37. The fourth-order valence-electron chi connectivity index (χ4n) is 2.30. The van der Waals surface area contributed by atoms with Crippen LogP contribution < -0.4 is 0 Å². The van der Waals surface area contributed by atoms with Gasteiger partial charge in [-0.25, -0.2) is 9.97 Å². The van der Waals surface area contributed by atoms with Crippen molar-refractivity contribution >= 4 is 5.97 Å². The van der Waals surface area contributed by atoms with E-state index in [-0.39, 0.29) is 12.2 Å². The van der Waals surface area contributed by atoms with Crippen LogP contribution in [0.2, 0.25) is 0 Å². The number of nitrogens with zero attached hydrogens (tertiary/aromatic N) is 2. The number of carbonyl (C=O) groups is 1. The van der Waals surface area contributed by atoms with Crippen LogP contribution in [0.4, 0.5) is 0 Å². The van der Waals surface area contributed by atoms with E-state index in [0.717, 1.165) is 17.0 Å². The van der Waals surface area contributed by atoms with Crippen LogP contribution in [0, 0.1) is 0 Å². The van der Waals surface area contributed by atoms with Crippen molar-refractivity contribution in [3.8, 4) is 17.1 Å². The van der Waals surface area contributed by atoms with E-state index in [9.17, 15) is 9.90 Å². The van der Waals surface area contributed by atoms with Gasteiger partial charge in [0.2, 0.25) is 0 Å². The first-order valence-electron chi connectivity index (χ1n) is 6.95. The fourth-order valence-corrected chi connectivity index (χ4v) is 2.30. The zero-order chi connectivity index (χ0) is 15.4. The number of carboxylic acids is 1. The second-order valence-corrected chi connectivity index (χ2v) is 4.75. The quantitative estimate of drug-likeness (QED) is 0.882. The molecule has 2 N–H and O–H groups in total. The molecule has 0 atom stereocenters. The van der Waals surface area contributed by atoms with Crippen molar-refractivity contribution < 1.29 is 15.0 Å². The molecule has 1 aromatic carbocycles. The maximum atomic E-state index is 11.0. The number of rotatable bonds is 5. The Bertz CT molecular complexity index is 643. The van der Waals surface area contributed by atoms with Gasteiger partial charge < -0.3 is 10.2 Å². The van der Waals surface area contributed by atoms with Crippen LogP contribution in [-0.4, -0.2) is 26.2 Å². The van der Waals surface area contributed by atoms with Gasteiger partial charge in [-0.2, -0.15) is 0 Å². The van der Waals surface area contributed by atoms with Gasteiger partial charge in [-0.1, -0.05) is 26.0 Å². The van der Waals surface area contributed by atoms with Crippen molar-refractivity contribution in [3.63, 3.8) is 0 Å². The minimum Gasteiger partial charge on any atom is -0.508 e. The van der Waals surface area contributed by atoms with Gasteiger partial charge in [0.05, 0.1) is 6.42 Å². The average molecular weight is 286 g/mol. The molecule has 0 saturated carbocycles. The molecule has 0 aliphatic carbocycles. The Morgan fingerprint density at radius 1 is 1.14 bits per heavy atom. The molecule has 0 radical (unpaired) electrons. The van der Waals surface area contributed by atoms with Crippen molar-refractivity contribution in [1.82, 2.24) is 9.97 Å². The van der Waals surface area contributed by atoms with Crippen molar-refractivity contribution in [2.45, 2.75) is 33.1 Å². The summed E-state index contributed by atoms with van der Waals surface area (Å²) in [5.41, 5.74) is 2.93. The van der Waals surface area contributed by atoms with Crippen LogP contribution in [0.25, 0.3) is 11.4 Å². The van der Waals surface area contributed by atoms with Gasteiger partial charge in [0.25, 0.3) is 0 Å². The minimum atomic E-state index is -0.881. The highest BCUT2D eigenvalue weighted by Gasteiger charge is 2.16. The summed E-state index contributed by atoms with van der Waals surface area (Å²) in [7, 11) is 0. The Kier molecular flexibility index (Phi) is 4.52. The van der Waals surface area contributed by atoms with E-state index in [4.69, 9.17) is 5.11 Å². The normalized spacial score (nSPS) is 10.6. The smallest absolute Gasteiger partial charge is 0.307 e. The van der Waals surface area contributed by atoms with Gasteiger partial charge in [0.1, 0.15) is 5.75 Å². The number of benzene rings is 1. The molecular weight excluding hydrogens is 268 g/mol. The number of aromatic hydroxyl groups is 1. The van der Waals surface area contributed by atoms with Crippen molar-refractivity contribution in [2.24, 2.45) is 0 Å². The first-order valence-corrected chi connectivity index (χ1v) is 6.95. The third-order valence-corrected chi connectivity index (χ3v) is 3.28. The number of phenols is 1.